The summed E-state index contributed by atoms with van der Waals surface area (Å²) in [5, 5.41) is 2.55. The summed E-state index contributed by atoms with van der Waals surface area (Å²) in [6, 6.07) is 12.9. The predicted molar refractivity (Wildman–Crippen MR) is 105 cm³/mol. The molecule has 2 aromatic carbocycles. The molecule has 0 saturated carbocycles. The van der Waals surface area contributed by atoms with E-state index < -0.39 is 5.97 Å². The highest BCUT2D eigenvalue weighted by atomic mass is 32.1. The summed E-state index contributed by atoms with van der Waals surface area (Å²) >= 11 is 1.41. The van der Waals surface area contributed by atoms with Gasteiger partial charge in [-0.05, 0) is 55.0 Å². The fraction of sp³-hybridized carbons (Fsp3) is 0.190. The first-order valence-corrected chi connectivity index (χ1v) is 9.76. The number of rotatable bonds is 5. The Morgan fingerprint density at radius 1 is 1.14 bits per heavy atom. The smallest absolute Gasteiger partial charge is 0.338 e. The van der Waals surface area contributed by atoms with E-state index in [2.05, 4.69) is 4.98 Å². The van der Waals surface area contributed by atoms with Crippen LogP contribution in [0.25, 0.3) is 10.6 Å². The molecule has 7 heteroatoms. The fourth-order valence-corrected chi connectivity index (χ4v) is 3.83. The molecular formula is C21H17FN2O3S. The summed E-state index contributed by atoms with van der Waals surface area (Å²) in [4.78, 5) is 30.2. The van der Waals surface area contributed by atoms with Gasteiger partial charge in [0.1, 0.15) is 17.4 Å². The van der Waals surface area contributed by atoms with Crippen LogP contribution in [0.3, 0.4) is 0 Å². The van der Waals surface area contributed by atoms with E-state index in [1.54, 1.807) is 41.3 Å². The van der Waals surface area contributed by atoms with Crippen LogP contribution in [0.5, 0.6) is 0 Å². The van der Waals surface area contributed by atoms with Crippen molar-refractivity contribution in [2.75, 3.05) is 11.4 Å². The maximum atomic E-state index is 13.0. The molecular weight excluding hydrogens is 379 g/mol. The van der Waals surface area contributed by atoms with Crippen molar-refractivity contribution in [2.24, 2.45) is 0 Å². The Morgan fingerprint density at radius 3 is 2.57 bits per heavy atom. The third kappa shape index (κ3) is 3.94. The first-order valence-electron chi connectivity index (χ1n) is 8.88. The van der Waals surface area contributed by atoms with Gasteiger partial charge in [0, 0.05) is 29.6 Å². The van der Waals surface area contributed by atoms with E-state index in [1.807, 2.05) is 5.38 Å². The van der Waals surface area contributed by atoms with E-state index in [1.165, 1.54) is 23.5 Å². The largest absolute Gasteiger partial charge is 0.456 e. The van der Waals surface area contributed by atoms with Crippen LogP contribution in [0, 0.1) is 5.82 Å². The van der Waals surface area contributed by atoms with Crippen molar-refractivity contribution in [1.82, 2.24) is 4.98 Å². The zero-order chi connectivity index (χ0) is 19.5. The first-order chi connectivity index (χ1) is 13.6. The normalized spacial score (nSPS) is 13.8. The Balaban J connectivity index is 1.36. The summed E-state index contributed by atoms with van der Waals surface area (Å²) in [6.45, 7) is 0.770. The molecule has 5 nitrogen and oxygen atoms in total. The average molecular weight is 396 g/mol. The van der Waals surface area contributed by atoms with Crippen LogP contribution in [0.2, 0.25) is 0 Å². The van der Waals surface area contributed by atoms with Gasteiger partial charge in [0.25, 0.3) is 0 Å². The molecule has 3 aromatic rings. The lowest BCUT2D eigenvalue weighted by molar-refractivity contribution is -0.117. The van der Waals surface area contributed by atoms with E-state index in [9.17, 15) is 14.0 Å². The van der Waals surface area contributed by atoms with Crippen LogP contribution in [0.15, 0.2) is 53.9 Å². The molecule has 0 N–H and O–H groups in total. The van der Waals surface area contributed by atoms with Gasteiger partial charge >= 0.3 is 5.97 Å². The Morgan fingerprint density at radius 2 is 1.89 bits per heavy atom. The van der Waals surface area contributed by atoms with Crippen LogP contribution in [-0.4, -0.2) is 23.4 Å². The molecule has 142 valence electrons. The second kappa shape index (κ2) is 7.90. The first kappa shape index (κ1) is 18.3. The lowest BCUT2D eigenvalue weighted by Crippen LogP contribution is -2.23. The van der Waals surface area contributed by atoms with E-state index in [0.717, 1.165) is 22.7 Å². The Hall–Kier alpha value is -3.06. The summed E-state index contributed by atoms with van der Waals surface area (Å²) in [5.74, 6) is -0.638. The summed E-state index contributed by atoms with van der Waals surface area (Å²) in [6.07, 6.45) is 1.42. The lowest BCUT2D eigenvalue weighted by Gasteiger charge is -2.15. The second-order valence-corrected chi connectivity index (χ2v) is 7.28. The topological polar surface area (TPSA) is 59.5 Å². The van der Waals surface area contributed by atoms with Crippen molar-refractivity contribution in [2.45, 2.75) is 19.4 Å². The van der Waals surface area contributed by atoms with Crippen LogP contribution >= 0.6 is 11.3 Å². The summed E-state index contributed by atoms with van der Waals surface area (Å²) in [7, 11) is 0. The third-order valence-electron chi connectivity index (χ3n) is 4.48. The highest BCUT2D eigenvalue weighted by Gasteiger charge is 2.21. The number of thiazole rings is 1. The quantitative estimate of drug-likeness (QED) is 0.599. The van der Waals surface area contributed by atoms with E-state index in [-0.39, 0.29) is 18.3 Å². The fourth-order valence-electron chi connectivity index (χ4n) is 3.02. The molecule has 4 rings (SSSR count). The number of nitrogens with zero attached hydrogens (tertiary/aromatic N) is 2. The summed E-state index contributed by atoms with van der Waals surface area (Å²) < 4.78 is 18.4. The molecule has 1 aliphatic rings. The van der Waals surface area contributed by atoms with Crippen molar-refractivity contribution < 1.29 is 18.7 Å². The van der Waals surface area contributed by atoms with E-state index in [4.69, 9.17) is 4.74 Å². The molecule has 0 aliphatic carbocycles. The van der Waals surface area contributed by atoms with Crippen LogP contribution in [0.4, 0.5) is 10.1 Å². The van der Waals surface area contributed by atoms with Crippen LogP contribution in [-0.2, 0) is 16.1 Å². The highest BCUT2D eigenvalue weighted by Crippen LogP contribution is 2.25. The van der Waals surface area contributed by atoms with Crippen LogP contribution < -0.4 is 4.90 Å². The van der Waals surface area contributed by atoms with Gasteiger partial charge in [0.15, 0.2) is 0 Å². The van der Waals surface area contributed by atoms with Crippen molar-refractivity contribution >= 4 is 28.9 Å². The van der Waals surface area contributed by atoms with E-state index >= 15 is 0 Å². The molecule has 1 aliphatic heterocycles. The molecule has 1 saturated heterocycles. The zero-order valence-corrected chi connectivity index (χ0v) is 15.7. The minimum Gasteiger partial charge on any atom is -0.456 e. The minimum absolute atomic E-state index is 0.0584. The van der Waals surface area contributed by atoms with Crippen molar-refractivity contribution in [3.8, 4) is 10.6 Å². The number of amides is 1. The standard InChI is InChI=1S/C21H17FN2O3S/c22-16-7-3-14(4-8-16)20-23-17(13-28-20)12-27-21(26)15-5-9-18(10-6-15)24-11-1-2-19(24)25/h3-10,13H,1-2,11-12H2. The number of ether oxygens (including phenoxy) is 1. The number of carbonyl (C=O) groups excluding carboxylic acids is 2. The molecule has 1 amide bonds. The van der Waals surface area contributed by atoms with Crippen molar-refractivity contribution in [3.05, 3.63) is 71.0 Å². The monoisotopic (exact) mass is 396 g/mol. The average Bonchev–Trinajstić information content (AvgIpc) is 3.36. The SMILES string of the molecule is O=C(OCc1csc(-c2ccc(F)cc2)n1)c1ccc(N2CCCC2=O)cc1. The number of hydrogen-bond acceptors (Lipinski definition) is 5. The Kier molecular flexibility index (Phi) is 5.16. The molecule has 1 fully saturated rings. The second-order valence-electron chi connectivity index (χ2n) is 6.42. The molecule has 0 spiro atoms. The van der Waals surface area contributed by atoms with Gasteiger partial charge in [0.05, 0.1) is 11.3 Å². The molecule has 0 atom stereocenters. The molecule has 2 heterocycles. The highest BCUT2D eigenvalue weighted by molar-refractivity contribution is 7.13. The molecule has 1 aromatic heterocycles. The Bertz CT molecular complexity index is 999. The number of esters is 1. The third-order valence-corrected chi connectivity index (χ3v) is 5.42. The minimum atomic E-state index is -0.448. The van der Waals surface area contributed by atoms with Crippen molar-refractivity contribution in [1.29, 1.82) is 0 Å². The predicted octanol–water partition coefficient (Wildman–Crippen LogP) is 4.43. The maximum absolute atomic E-state index is 13.0. The van der Waals surface area contributed by atoms with Crippen LogP contribution in [0.1, 0.15) is 28.9 Å². The molecule has 28 heavy (non-hydrogen) atoms. The van der Waals surface area contributed by atoms with Gasteiger partial charge in [0.2, 0.25) is 5.91 Å². The number of halogens is 1. The molecule has 0 bridgehead atoms. The van der Waals surface area contributed by atoms with Gasteiger partial charge in [-0.1, -0.05) is 0 Å². The number of carbonyl (C=O) groups is 2. The van der Waals surface area contributed by atoms with Gasteiger partial charge in [-0.2, -0.15) is 0 Å². The summed E-state index contributed by atoms with van der Waals surface area (Å²) in [5.41, 5.74) is 2.67. The van der Waals surface area contributed by atoms with E-state index in [0.29, 0.717) is 24.2 Å². The number of aromatic nitrogens is 1. The number of benzene rings is 2. The van der Waals surface area contributed by atoms with Crippen molar-refractivity contribution in [3.63, 3.8) is 0 Å². The lowest BCUT2D eigenvalue weighted by atomic mass is 10.2. The zero-order valence-electron chi connectivity index (χ0n) is 14.9. The van der Waals surface area contributed by atoms with Gasteiger partial charge < -0.3 is 9.64 Å². The number of anilines is 1. The molecule has 0 unspecified atom stereocenters. The number of hydrogen-bond donors (Lipinski definition) is 0. The van der Waals surface area contributed by atoms with Gasteiger partial charge in [-0.25, -0.2) is 14.2 Å². The Labute approximate surface area is 165 Å². The van der Waals surface area contributed by atoms with Gasteiger partial charge in [-0.15, -0.1) is 11.3 Å². The van der Waals surface area contributed by atoms with Gasteiger partial charge in [-0.3, -0.25) is 4.79 Å². The maximum Gasteiger partial charge on any atom is 0.338 e. The molecule has 0 radical (unpaired) electrons.